The van der Waals surface area contributed by atoms with Crippen LogP contribution >= 0.6 is 0 Å². The van der Waals surface area contributed by atoms with Gasteiger partial charge in [0, 0.05) is 11.3 Å². The summed E-state index contributed by atoms with van der Waals surface area (Å²) in [4.78, 5) is 3.95. The minimum absolute atomic E-state index is 0.317. The summed E-state index contributed by atoms with van der Waals surface area (Å²) in [6.07, 6.45) is 0. The molecule has 1 fully saturated rings. The lowest BCUT2D eigenvalue weighted by Crippen LogP contribution is -3.13. The average Bonchev–Trinajstić information content (AvgIpc) is 2.64. The summed E-state index contributed by atoms with van der Waals surface area (Å²) in [7, 11) is 3.35. The number of benzene rings is 2. The molecule has 0 spiro atoms. The normalized spacial score (nSPS) is 15.2. The van der Waals surface area contributed by atoms with Crippen molar-refractivity contribution < 1.29 is 19.5 Å². The number of hydrogen-bond donors (Lipinski definition) is 2. The van der Waals surface area contributed by atoms with E-state index in [1.54, 1.807) is 31.3 Å². The Hall–Kier alpha value is -2.40. The molecule has 1 saturated heterocycles. The van der Waals surface area contributed by atoms with Gasteiger partial charge in [-0.3, -0.25) is 0 Å². The van der Waals surface area contributed by atoms with Crippen molar-refractivity contribution in [2.75, 3.05) is 45.3 Å². The molecule has 0 bridgehead atoms. The molecule has 0 amide bonds. The first-order valence-corrected chi connectivity index (χ1v) is 8.69. The van der Waals surface area contributed by atoms with E-state index in [4.69, 9.17) is 9.47 Å². The highest BCUT2D eigenvalue weighted by Crippen LogP contribution is 2.30. The van der Waals surface area contributed by atoms with E-state index in [9.17, 15) is 5.11 Å². The summed E-state index contributed by atoms with van der Waals surface area (Å²) >= 11 is 0. The molecular weight excluding hydrogens is 316 g/mol. The number of nitrogens with zero attached hydrogens (tertiary/aromatic N) is 1. The number of hydrogen-bond acceptors (Lipinski definition) is 4. The molecule has 5 heteroatoms. The van der Waals surface area contributed by atoms with Gasteiger partial charge in [-0.15, -0.1) is 0 Å². The molecule has 5 nitrogen and oxygen atoms in total. The summed E-state index contributed by atoms with van der Waals surface area (Å²) in [5.74, 6) is 1.90. The number of aromatic hydroxyl groups is 1. The second-order valence-electron chi connectivity index (χ2n) is 6.56. The summed E-state index contributed by atoms with van der Waals surface area (Å²) in [6, 6.07) is 11.6. The van der Waals surface area contributed by atoms with Crippen LogP contribution < -0.4 is 19.3 Å². The molecule has 0 aliphatic carbocycles. The van der Waals surface area contributed by atoms with Gasteiger partial charge in [0.1, 0.15) is 12.3 Å². The number of nitrogens with one attached hydrogen (secondary N) is 1. The fourth-order valence-corrected chi connectivity index (χ4v) is 3.40. The van der Waals surface area contributed by atoms with Crippen LogP contribution in [0.1, 0.15) is 11.1 Å². The van der Waals surface area contributed by atoms with E-state index < -0.39 is 0 Å². The van der Waals surface area contributed by atoms with Crippen LogP contribution in [0.4, 0.5) is 5.69 Å². The minimum Gasteiger partial charge on any atom is -0.508 e. The highest BCUT2D eigenvalue weighted by atomic mass is 16.5. The van der Waals surface area contributed by atoms with Crippen molar-refractivity contribution in [3.05, 3.63) is 47.5 Å². The van der Waals surface area contributed by atoms with Crippen LogP contribution in [0.5, 0.6) is 17.2 Å². The maximum absolute atomic E-state index is 9.43. The average molecular weight is 343 g/mol. The standard InChI is InChI=1S/C20H26N2O3/c1-15-12-19(24-2)20(25-3)13-16(15)14-21-8-10-22(11-9-21)17-4-6-18(23)7-5-17/h4-7,12-13,23H,8-11,14H2,1-3H3/p+1. The molecule has 1 aliphatic rings. The number of aryl methyl sites for hydroxylation is 1. The van der Waals surface area contributed by atoms with Crippen LogP contribution in [-0.2, 0) is 6.54 Å². The minimum atomic E-state index is 0.317. The zero-order valence-electron chi connectivity index (χ0n) is 15.2. The highest BCUT2D eigenvalue weighted by Gasteiger charge is 2.21. The molecule has 0 unspecified atom stereocenters. The van der Waals surface area contributed by atoms with E-state index in [2.05, 4.69) is 24.0 Å². The van der Waals surface area contributed by atoms with Gasteiger partial charge in [0.25, 0.3) is 0 Å². The number of rotatable bonds is 5. The van der Waals surface area contributed by atoms with Gasteiger partial charge < -0.3 is 24.4 Å². The van der Waals surface area contributed by atoms with Gasteiger partial charge in [-0.05, 0) is 48.9 Å². The Morgan fingerprint density at radius 1 is 1.00 bits per heavy atom. The van der Waals surface area contributed by atoms with Gasteiger partial charge in [0.2, 0.25) is 0 Å². The molecule has 0 atom stereocenters. The van der Waals surface area contributed by atoms with Crippen LogP contribution in [0.15, 0.2) is 36.4 Å². The van der Waals surface area contributed by atoms with Gasteiger partial charge in [0.05, 0.1) is 40.4 Å². The first-order valence-electron chi connectivity index (χ1n) is 8.69. The van der Waals surface area contributed by atoms with Gasteiger partial charge in [-0.25, -0.2) is 0 Å². The van der Waals surface area contributed by atoms with Gasteiger partial charge in [-0.1, -0.05) is 0 Å². The molecule has 25 heavy (non-hydrogen) atoms. The molecule has 134 valence electrons. The van der Waals surface area contributed by atoms with Gasteiger partial charge in [-0.2, -0.15) is 0 Å². The van der Waals surface area contributed by atoms with Gasteiger partial charge in [0.15, 0.2) is 11.5 Å². The Labute approximate surface area is 149 Å². The second-order valence-corrected chi connectivity index (χ2v) is 6.56. The molecule has 1 aliphatic heterocycles. The highest BCUT2D eigenvalue weighted by molar-refractivity contribution is 5.49. The van der Waals surface area contributed by atoms with E-state index in [0.29, 0.717) is 5.75 Å². The fourth-order valence-electron chi connectivity index (χ4n) is 3.40. The summed E-state index contributed by atoms with van der Waals surface area (Å²) < 4.78 is 10.8. The Kier molecular flexibility index (Phi) is 5.34. The van der Waals surface area contributed by atoms with Crippen molar-refractivity contribution >= 4 is 5.69 Å². The summed E-state index contributed by atoms with van der Waals surface area (Å²) in [6.45, 7) is 7.35. The van der Waals surface area contributed by atoms with E-state index in [0.717, 1.165) is 44.2 Å². The first kappa shape index (κ1) is 17.4. The zero-order chi connectivity index (χ0) is 17.8. The van der Waals surface area contributed by atoms with E-state index in [1.807, 2.05) is 12.1 Å². The molecular formula is C20H27N2O3+. The van der Waals surface area contributed by atoms with Crippen molar-refractivity contribution in [2.45, 2.75) is 13.5 Å². The van der Waals surface area contributed by atoms with Crippen molar-refractivity contribution in [1.29, 1.82) is 0 Å². The van der Waals surface area contributed by atoms with E-state index >= 15 is 0 Å². The lowest BCUT2D eigenvalue weighted by Gasteiger charge is -2.34. The lowest BCUT2D eigenvalue weighted by atomic mass is 10.1. The van der Waals surface area contributed by atoms with Crippen LogP contribution in [0.2, 0.25) is 0 Å². The number of phenolic OH excluding ortho intramolecular Hbond substituents is 1. The van der Waals surface area contributed by atoms with Gasteiger partial charge >= 0.3 is 0 Å². The van der Waals surface area contributed by atoms with Crippen LogP contribution in [0, 0.1) is 6.92 Å². The van der Waals surface area contributed by atoms with Crippen molar-refractivity contribution in [2.24, 2.45) is 0 Å². The topological polar surface area (TPSA) is 46.4 Å². The monoisotopic (exact) mass is 343 g/mol. The molecule has 2 aromatic carbocycles. The number of methoxy groups -OCH3 is 2. The number of piperazine rings is 1. The molecule has 1 heterocycles. The molecule has 2 N–H and O–H groups in total. The number of quaternary nitrogens is 1. The number of phenols is 1. The lowest BCUT2D eigenvalue weighted by molar-refractivity contribution is -0.914. The SMILES string of the molecule is COc1cc(C)c(C[NH+]2CCN(c3ccc(O)cc3)CC2)cc1OC. The van der Waals surface area contributed by atoms with Crippen molar-refractivity contribution in [3.63, 3.8) is 0 Å². The van der Waals surface area contributed by atoms with Crippen LogP contribution in [0.25, 0.3) is 0 Å². The number of ether oxygens (including phenoxy) is 2. The predicted octanol–water partition coefficient (Wildman–Crippen LogP) is 1.62. The summed E-state index contributed by atoms with van der Waals surface area (Å²) in [5, 5.41) is 9.43. The first-order chi connectivity index (χ1) is 12.1. The molecule has 0 aromatic heterocycles. The third-order valence-corrected chi connectivity index (χ3v) is 4.97. The Bertz CT molecular complexity index is 708. The largest absolute Gasteiger partial charge is 0.508 e. The molecule has 3 rings (SSSR count). The van der Waals surface area contributed by atoms with Crippen LogP contribution in [0.3, 0.4) is 0 Å². The Morgan fingerprint density at radius 3 is 2.20 bits per heavy atom. The van der Waals surface area contributed by atoms with E-state index in [-0.39, 0.29) is 0 Å². The maximum atomic E-state index is 9.43. The quantitative estimate of drug-likeness (QED) is 0.866. The summed E-state index contributed by atoms with van der Waals surface area (Å²) in [5.41, 5.74) is 3.73. The number of anilines is 1. The second kappa shape index (κ2) is 7.66. The van der Waals surface area contributed by atoms with E-state index in [1.165, 1.54) is 16.8 Å². The third kappa shape index (κ3) is 3.99. The smallest absolute Gasteiger partial charge is 0.161 e. The van der Waals surface area contributed by atoms with Crippen LogP contribution in [-0.4, -0.2) is 45.5 Å². The maximum Gasteiger partial charge on any atom is 0.161 e. The fraction of sp³-hybridized carbons (Fsp3) is 0.400. The van der Waals surface area contributed by atoms with Crippen molar-refractivity contribution in [1.82, 2.24) is 0 Å². The molecule has 0 radical (unpaired) electrons. The predicted molar refractivity (Wildman–Crippen MR) is 99.0 cm³/mol. The zero-order valence-corrected chi connectivity index (χ0v) is 15.2. The Morgan fingerprint density at radius 2 is 1.60 bits per heavy atom. The molecule has 0 saturated carbocycles. The molecule has 2 aromatic rings. The van der Waals surface area contributed by atoms with Crippen molar-refractivity contribution in [3.8, 4) is 17.2 Å². The Balaban J connectivity index is 1.63. The third-order valence-electron chi connectivity index (χ3n) is 4.97.